The van der Waals surface area contributed by atoms with E-state index >= 15 is 0 Å². The maximum atomic E-state index is 12.7. The molecule has 4 rings (SSSR count). The van der Waals surface area contributed by atoms with E-state index in [0.717, 1.165) is 0 Å². The van der Waals surface area contributed by atoms with Crippen molar-refractivity contribution in [1.29, 1.82) is 0 Å². The van der Waals surface area contributed by atoms with E-state index in [1.54, 1.807) is 12.3 Å². The molecule has 144 valence electrons. The van der Waals surface area contributed by atoms with Crippen molar-refractivity contribution in [1.82, 2.24) is 15.1 Å². The number of nitrogens with zero attached hydrogens (tertiary/aromatic N) is 3. The standard InChI is InChI=1S/C23H20N4O2/c1-15(2)16-10-12-17(13-11-16)22(28)25-19-8-4-3-7-18(19)23-26-21(27-29-23)20-9-5-6-14-24-20/h3-15H,1-2H3,(H,25,28). The first-order valence-electron chi connectivity index (χ1n) is 9.37. The van der Waals surface area contributed by atoms with Crippen molar-refractivity contribution in [2.75, 3.05) is 5.32 Å². The van der Waals surface area contributed by atoms with Gasteiger partial charge in [0, 0.05) is 11.8 Å². The molecule has 2 aromatic heterocycles. The third kappa shape index (κ3) is 4.06. The van der Waals surface area contributed by atoms with Crippen molar-refractivity contribution in [3.05, 3.63) is 84.1 Å². The van der Waals surface area contributed by atoms with Gasteiger partial charge >= 0.3 is 0 Å². The zero-order valence-corrected chi connectivity index (χ0v) is 16.2. The molecule has 0 unspecified atom stereocenters. The van der Waals surface area contributed by atoms with E-state index in [9.17, 15) is 4.79 Å². The van der Waals surface area contributed by atoms with Gasteiger partial charge in [-0.05, 0) is 47.9 Å². The van der Waals surface area contributed by atoms with Gasteiger partial charge in [-0.2, -0.15) is 4.98 Å². The van der Waals surface area contributed by atoms with Gasteiger partial charge in [-0.3, -0.25) is 9.78 Å². The zero-order chi connectivity index (χ0) is 20.2. The number of anilines is 1. The third-order valence-corrected chi connectivity index (χ3v) is 4.57. The van der Waals surface area contributed by atoms with Gasteiger partial charge in [0.05, 0.1) is 11.3 Å². The maximum absolute atomic E-state index is 12.7. The SMILES string of the molecule is CC(C)c1ccc(C(=O)Nc2ccccc2-c2nc(-c3ccccn3)no2)cc1. The minimum atomic E-state index is -0.197. The number of hydrogen-bond acceptors (Lipinski definition) is 5. The monoisotopic (exact) mass is 384 g/mol. The Kier molecular flexibility index (Phi) is 5.16. The number of para-hydroxylation sites is 1. The molecule has 2 aromatic carbocycles. The van der Waals surface area contributed by atoms with E-state index in [1.165, 1.54) is 5.56 Å². The van der Waals surface area contributed by atoms with Crippen LogP contribution in [0.5, 0.6) is 0 Å². The summed E-state index contributed by atoms with van der Waals surface area (Å²) in [4.78, 5) is 21.4. The van der Waals surface area contributed by atoms with Crippen molar-refractivity contribution in [2.45, 2.75) is 19.8 Å². The third-order valence-electron chi connectivity index (χ3n) is 4.57. The predicted octanol–water partition coefficient (Wildman–Crippen LogP) is 5.17. The highest BCUT2D eigenvalue weighted by Crippen LogP contribution is 2.28. The number of nitrogens with one attached hydrogen (secondary N) is 1. The Balaban J connectivity index is 1.59. The summed E-state index contributed by atoms with van der Waals surface area (Å²) in [6.07, 6.45) is 1.67. The highest BCUT2D eigenvalue weighted by atomic mass is 16.5. The van der Waals surface area contributed by atoms with Crippen LogP contribution in [0.4, 0.5) is 5.69 Å². The molecular formula is C23H20N4O2. The summed E-state index contributed by atoms with van der Waals surface area (Å²) in [6.45, 7) is 4.24. The van der Waals surface area contributed by atoms with Gasteiger partial charge in [-0.1, -0.05) is 49.3 Å². The molecule has 0 radical (unpaired) electrons. The molecule has 29 heavy (non-hydrogen) atoms. The molecule has 0 saturated heterocycles. The number of benzene rings is 2. The summed E-state index contributed by atoms with van der Waals surface area (Å²) in [7, 11) is 0. The van der Waals surface area contributed by atoms with Crippen LogP contribution in [0.15, 0.2) is 77.4 Å². The summed E-state index contributed by atoms with van der Waals surface area (Å²) >= 11 is 0. The molecule has 6 nitrogen and oxygen atoms in total. The van der Waals surface area contributed by atoms with Crippen LogP contribution in [0.2, 0.25) is 0 Å². The number of carbonyl (C=O) groups excluding carboxylic acids is 1. The molecule has 1 amide bonds. The van der Waals surface area contributed by atoms with Crippen LogP contribution in [-0.2, 0) is 0 Å². The second-order valence-corrected chi connectivity index (χ2v) is 6.91. The fourth-order valence-electron chi connectivity index (χ4n) is 2.92. The topological polar surface area (TPSA) is 80.9 Å². The fraction of sp³-hybridized carbons (Fsp3) is 0.130. The zero-order valence-electron chi connectivity index (χ0n) is 16.2. The summed E-state index contributed by atoms with van der Waals surface area (Å²) in [5.74, 6) is 0.929. The van der Waals surface area contributed by atoms with Crippen LogP contribution >= 0.6 is 0 Å². The minimum absolute atomic E-state index is 0.197. The summed E-state index contributed by atoms with van der Waals surface area (Å²) < 4.78 is 5.42. The van der Waals surface area contributed by atoms with Crippen LogP contribution in [-0.4, -0.2) is 21.0 Å². The van der Waals surface area contributed by atoms with Gasteiger partial charge < -0.3 is 9.84 Å². The molecule has 0 fully saturated rings. The molecule has 0 atom stereocenters. The van der Waals surface area contributed by atoms with Crippen molar-refractivity contribution in [3.63, 3.8) is 0 Å². The molecular weight excluding hydrogens is 364 g/mol. The Morgan fingerprint density at radius 3 is 2.45 bits per heavy atom. The Morgan fingerprint density at radius 2 is 1.72 bits per heavy atom. The van der Waals surface area contributed by atoms with Crippen molar-refractivity contribution < 1.29 is 9.32 Å². The molecule has 0 saturated carbocycles. The fourth-order valence-corrected chi connectivity index (χ4v) is 2.92. The van der Waals surface area contributed by atoms with E-state index in [2.05, 4.69) is 34.3 Å². The number of pyridine rings is 1. The molecule has 0 spiro atoms. The summed E-state index contributed by atoms with van der Waals surface area (Å²) in [5, 5.41) is 6.95. The van der Waals surface area contributed by atoms with E-state index in [4.69, 9.17) is 4.52 Å². The summed E-state index contributed by atoms with van der Waals surface area (Å²) in [6, 6.07) is 20.4. The predicted molar refractivity (Wildman–Crippen MR) is 111 cm³/mol. The highest BCUT2D eigenvalue weighted by molar-refractivity contribution is 6.06. The van der Waals surface area contributed by atoms with Crippen LogP contribution in [0.25, 0.3) is 23.0 Å². The Hall–Kier alpha value is -3.80. The Morgan fingerprint density at radius 1 is 0.966 bits per heavy atom. The smallest absolute Gasteiger partial charge is 0.260 e. The molecule has 0 bridgehead atoms. The average Bonchev–Trinajstić information content (AvgIpc) is 3.25. The van der Waals surface area contributed by atoms with Gasteiger partial charge in [-0.25, -0.2) is 0 Å². The number of rotatable bonds is 5. The minimum Gasteiger partial charge on any atom is -0.333 e. The molecule has 6 heteroatoms. The largest absolute Gasteiger partial charge is 0.333 e. The van der Waals surface area contributed by atoms with E-state index < -0.39 is 0 Å². The molecule has 2 heterocycles. The molecule has 0 aliphatic heterocycles. The summed E-state index contributed by atoms with van der Waals surface area (Å²) in [5.41, 5.74) is 3.64. The van der Waals surface area contributed by atoms with Gasteiger partial charge in [-0.15, -0.1) is 0 Å². The Labute approximate surface area is 168 Å². The first-order chi connectivity index (χ1) is 14.1. The quantitative estimate of drug-likeness (QED) is 0.513. The number of aromatic nitrogens is 3. The number of amides is 1. The van der Waals surface area contributed by atoms with E-state index in [0.29, 0.717) is 40.1 Å². The highest BCUT2D eigenvalue weighted by Gasteiger charge is 2.16. The van der Waals surface area contributed by atoms with Crippen LogP contribution in [0.1, 0.15) is 35.7 Å². The van der Waals surface area contributed by atoms with Crippen molar-refractivity contribution in [2.24, 2.45) is 0 Å². The lowest BCUT2D eigenvalue weighted by molar-refractivity contribution is 0.102. The number of hydrogen-bond donors (Lipinski definition) is 1. The number of carbonyl (C=O) groups is 1. The molecule has 0 aliphatic rings. The lowest BCUT2D eigenvalue weighted by Crippen LogP contribution is -2.12. The van der Waals surface area contributed by atoms with Crippen LogP contribution in [0.3, 0.4) is 0 Å². The van der Waals surface area contributed by atoms with Crippen LogP contribution < -0.4 is 5.32 Å². The normalized spacial score (nSPS) is 10.9. The van der Waals surface area contributed by atoms with Gasteiger partial charge in [0.1, 0.15) is 5.69 Å². The van der Waals surface area contributed by atoms with E-state index in [-0.39, 0.29) is 5.91 Å². The lowest BCUT2D eigenvalue weighted by atomic mass is 10.0. The first-order valence-corrected chi connectivity index (χ1v) is 9.37. The van der Waals surface area contributed by atoms with Crippen molar-refractivity contribution >= 4 is 11.6 Å². The first kappa shape index (κ1) is 18.6. The Bertz CT molecular complexity index is 1120. The lowest BCUT2D eigenvalue weighted by Gasteiger charge is -2.10. The maximum Gasteiger partial charge on any atom is 0.260 e. The molecule has 4 aromatic rings. The van der Waals surface area contributed by atoms with Gasteiger partial charge in [0.15, 0.2) is 0 Å². The second kappa shape index (κ2) is 8.06. The molecule has 0 aliphatic carbocycles. The van der Waals surface area contributed by atoms with Crippen molar-refractivity contribution in [3.8, 4) is 23.0 Å². The average molecular weight is 384 g/mol. The van der Waals surface area contributed by atoms with E-state index in [1.807, 2.05) is 60.7 Å². The second-order valence-electron chi connectivity index (χ2n) is 6.91. The van der Waals surface area contributed by atoms with Gasteiger partial charge in [0.2, 0.25) is 5.82 Å². The molecule has 1 N–H and O–H groups in total. The van der Waals surface area contributed by atoms with Gasteiger partial charge in [0.25, 0.3) is 11.8 Å². The van der Waals surface area contributed by atoms with Crippen LogP contribution in [0, 0.1) is 0 Å².